The number of benzene rings is 1. The Kier molecular flexibility index (Phi) is 4.53. The molecule has 1 aromatic rings. The Hall–Kier alpha value is -1.92. The summed E-state index contributed by atoms with van der Waals surface area (Å²) in [6, 6.07) is 1.62. The SMILES string of the molecule is O=C(c1cc(F)cc(C(F)(F)F)c1)[C@H]1CCCC[C@H]1C(=O)O. The average Bonchev–Trinajstić information content (AvgIpc) is 2.45. The van der Waals surface area contributed by atoms with Gasteiger partial charge in [0.25, 0.3) is 0 Å². The third-order valence-electron chi connectivity index (χ3n) is 3.93. The highest BCUT2D eigenvalue weighted by Gasteiger charge is 2.37. The van der Waals surface area contributed by atoms with Crippen LogP contribution < -0.4 is 0 Å². The molecule has 2 rings (SSSR count). The minimum Gasteiger partial charge on any atom is -0.481 e. The quantitative estimate of drug-likeness (QED) is 0.679. The zero-order valence-corrected chi connectivity index (χ0v) is 11.5. The Balaban J connectivity index is 2.36. The number of halogens is 4. The number of Topliss-reactive ketones (excluding diaryl/α,β-unsaturated/α-hetero) is 1. The van der Waals surface area contributed by atoms with Crippen LogP contribution >= 0.6 is 0 Å². The predicted molar refractivity (Wildman–Crippen MR) is 68.8 cm³/mol. The van der Waals surface area contributed by atoms with E-state index in [-0.39, 0.29) is 6.42 Å². The first-order valence-electron chi connectivity index (χ1n) is 6.85. The van der Waals surface area contributed by atoms with Crippen molar-refractivity contribution >= 4 is 11.8 Å². The van der Waals surface area contributed by atoms with Crippen molar-refractivity contribution in [2.75, 3.05) is 0 Å². The van der Waals surface area contributed by atoms with Gasteiger partial charge in [-0.15, -0.1) is 0 Å². The number of carbonyl (C=O) groups excluding carboxylic acids is 1. The molecule has 0 radical (unpaired) electrons. The van der Waals surface area contributed by atoms with Crippen LogP contribution in [-0.2, 0) is 11.0 Å². The van der Waals surface area contributed by atoms with Gasteiger partial charge in [0.15, 0.2) is 5.78 Å². The van der Waals surface area contributed by atoms with E-state index in [2.05, 4.69) is 0 Å². The van der Waals surface area contributed by atoms with Crippen molar-refractivity contribution in [1.82, 2.24) is 0 Å². The maximum Gasteiger partial charge on any atom is 0.416 e. The molecule has 0 spiro atoms. The van der Waals surface area contributed by atoms with Crippen LogP contribution in [0.15, 0.2) is 18.2 Å². The highest BCUT2D eigenvalue weighted by Crippen LogP contribution is 2.35. The largest absolute Gasteiger partial charge is 0.481 e. The summed E-state index contributed by atoms with van der Waals surface area (Å²) in [5, 5.41) is 9.14. The van der Waals surface area contributed by atoms with Gasteiger partial charge in [0.1, 0.15) is 5.82 Å². The lowest BCUT2D eigenvalue weighted by Gasteiger charge is -2.27. The zero-order chi connectivity index (χ0) is 16.5. The lowest BCUT2D eigenvalue weighted by Crippen LogP contribution is -2.32. The number of ketones is 1. The van der Waals surface area contributed by atoms with Crippen LogP contribution in [0.2, 0.25) is 0 Å². The lowest BCUT2D eigenvalue weighted by atomic mass is 9.75. The molecular weight excluding hydrogens is 304 g/mol. The average molecular weight is 318 g/mol. The molecule has 1 aromatic carbocycles. The predicted octanol–water partition coefficient (Wildman–Crippen LogP) is 3.92. The number of hydrogen-bond donors (Lipinski definition) is 1. The molecule has 0 aliphatic heterocycles. The highest BCUT2D eigenvalue weighted by atomic mass is 19.4. The van der Waals surface area contributed by atoms with Crippen molar-refractivity contribution in [1.29, 1.82) is 0 Å². The van der Waals surface area contributed by atoms with E-state index < -0.39 is 46.7 Å². The van der Waals surface area contributed by atoms with Gasteiger partial charge >= 0.3 is 12.1 Å². The van der Waals surface area contributed by atoms with E-state index in [4.69, 9.17) is 5.11 Å². The molecule has 1 N–H and O–H groups in total. The summed E-state index contributed by atoms with van der Waals surface area (Å²) in [4.78, 5) is 23.5. The van der Waals surface area contributed by atoms with Crippen LogP contribution in [0.25, 0.3) is 0 Å². The van der Waals surface area contributed by atoms with Gasteiger partial charge in [-0.2, -0.15) is 13.2 Å². The first-order valence-corrected chi connectivity index (χ1v) is 6.85. The van der Waals surface area contributed by atoms with E-state index in [1.165, 1.54) is 0 Å². The molecule has 7 heteroatoms. The van der Waals surface area contributed by atoms with Crippen molar-refractivity contribution in [2.45, 2.75) is 31.9 Å². The molecule has 1 saturated carbocycles. The molecule has 0 saturated heterocycles. The fraction of sp³-hybridized carbons (Fsp3) is 0.467. The van der Waals surface area contributed by atoms with E-state index in [1.807, 2.05) is 0 Å². The molecule has 3 nitrogen and oxygen atoms in total. The number of aliphatic carboxylic acids is 1. The molecule has 120 valence electrons. The summed E-state index contributed by atoms with van der Waals surface area (Å²) in [7, 11) is 0. The van der Waals surface area contributed by atoms with Crippen molar-refractivity contribution in [2.24, 2.45) is 11.8 Å². The first kappa shape index (κ1) is 16.5. The number of carboxylic acids is 1. The summed E-state index contributed by atoms with van der Waals surface area (Å²) in [5.74, 6) is -4.89. The molecule has 0 heterocycles. The number of hydrogen-bond acceptors (Lipinski definition) is 2. The molecule has 2 atom stereocenters. The second kappa shape index (κ2) is 6.06. The van der Waals surface area contributed by atoms with Crippen molar-refractivity contribution < 1.29 is 32.3 Å². The van der Waals surface area contributed by atoms with Gasteiger partial charge in [-0.1, -0.05) is 12.8 Å². The van der Waals surface area contributed by atoms with Gasteiger partial charge in [0.2, 0.25) is 0 Å². The summed E-state index contributed by atoms with van der Waals surface area (Å²) < 4.78 is 51.4. The summed E-state index contributed by atoms with van der Waals surface area (Å²) in [6.45, 7) is 0. The van der Waals surface area contributed by atoms with Gasteiger partial charge in [0.05, 0.1) is 11.5 Å². The molecule has 0 aromatic heterocycles. The zero-order valence-electron chi connectivity index (χ0n) is 11.5. The molecule has 1 aliphatic carbocycles. The van der Waals surface area contributed by atoms with E-state index >= 15 is 0 Å². The van der Waals surface area contributed by atoms with Crippen LogP contribution in [0.3, 0.4) is 0 Å². The van der Waals surface area contributed by atoms with Crippen LogP contribution in [0, 0.1) is 17.7 Å². The number of carboxylic acid groups (broad SMARTS) is 1. The monoisotopic (exact) mass is 318 g/mol. The third kappa shape index (κ3) is 3.45. The molecule has 1 aliphatic rings. The normalized spacial score (nSPS) is 22.4. The van der Waals surface area contributed by atoms with Crippen LogP contribution in [0.1, 0.15) is 41.6 Å². The molecule has 0 amide bonds. The minimum atomic E-state index is -4.77. The van der Waals surface area contributed by atoms with Crippen molar-refractivity contribution in [3.8, 4) is 0 Å². The Morgan fingerprint density at radius 1 is 1.05 bits per heavy atom. The van der Waals surface area contributed by atoms with Gasteiger partial charge in [-0.3, -0.25) is 9.59 Å². The first-order chi connectivity index (χ1) is 10.2. The molecule has 1 fully saturated rings. The number of carbonyl (C=O) groups is 2. The second-order valence-electron chi connectivity index (χ2n) is 5.43. The molecule has 0 unspecified atom stereocenters. The van der Waals surface area contributed by atoms with Gasteiger partial charge in [-0.25, -0.2) is 4.39 Å². The smallest absolute Gasteiger partial charge is 0.416 e. The number of alkyl halides is 3. The topological polar surface area (TPSA) is 54.4 Å². The van der Waals surface area contributed by atoms with Crippen LogP contribution in [0.4, 0.5) is 17.6 Å². The summed E-state index contributed by atoms with van der Waals surface area (Å²) in [6.07, 6.45) is -2.91. The van der Waals surface area contributed by atoms with Crippen LogP contribution in [0.5, 0.6) is 0 Å². The number of rotatable bonds is 3. The lowest BCUT2D eigenvalue weighted by molar-refractivity contribution is -0.144. The third-order valence-corrected chi connectivity index (χ3v) is 3.93. The maximum absolute atomic E-state index is 13.4. The van der Waals surface area contributed by atoms with E-state index in [0.29, 0.717) is 31.4 Å². The summed E-state index contributed by atoms with van der Waals surface area (Å²) >= 11 is 0. The maximum atomic E-state index is 13.4. The minimum absolute atomic E-state index is 0.285. The Morgan fingerprint density at radius 2 is 1.64 bits per heavy atom. The molecule has 0 bridgehead atoms. The summed E-state index contributed by atoms with van der Waals surface area (Å²) in [5.41, 5.74) is -1.68. The van der Waals surface area contributed by atoms with Crippen molar-refractivity contribution in [3.63, 3.8) is 0 Å². The van der Waals surface area contributed by atoms with Gasteiger partial charge < -0.3 is 5.11 Å². The van der Waals surface area contributed by atoms with E-state index in [9.17, 15) is 27.2 Å². The van der Waals surface area contributed by atoms with E-state index in [0.717, 1.165) is 6.07 Å². The molecule has 22 heavy (non-hydrogen) atoms. The Labute approximate surface area is 123 Å². The van der Waals surface area contributed by atoms with Gasteiger partial charge in [0, 0.05) is 11.5 Å². The molecular formula is C15H14F4O3. The second-order valence-corrected chi connectivity index (χ2v) is 5.43. The fourth-order valence-corrected chi connectivity index (χ4v) is 2.85. The Morgan fingerprint density at radius 3 is 2.18 bits per heavy atom. The Bertz CT molecular complexity index is 595. The standard InChI is InChI=1S/C15H14F4O3/c16-10-6-8(5-9(7-10)15(17,18)19)13(20)11-3-1-2-4-12(11)14(21)22/h5-7,11-12H,1-4H2,(H,21,22)/t11-,12+/m0/s1. The van der Waals surface area contributed by atoms with Crippen molar-refractivity contribution in [3.05, 3.63) is 35.1 Å². The van der Waals surface area contributed by atoms with Crippen LogP contribution in [-0.4, -0.2) is 16.9 Å². The highest BCUT2D eigenvalue weighted by molar-refractivity contribution is 6.00. The van der Waals surface area contributed by atoms with Gasteiger partial charge in [-0.05, 0) is 31.0 Å². The van der Waals surface area contributed by atoms with E-state index in [1.54, 1.807) is 0 Å². The fourth-order valence-electron chi connectivity index (χ4n) is 2.85.